The molecule has 6 heteroatoms. The van der Waals surface area contributed by atoms with Crippen LogP contribution in [0.3, 0.4) is 0 Å². The van der Waals surface area contributed by atoms with Crippen molar-refractivity contribution < 1.29 is 43.5 Å². The molecule has 3 nitrogen and oxygen atoms in total. The third-order valence-electron chi connectivity index (χ3n) is 0.172. The van der Waals surface area contributed by atoms with Gasteiger partial charge in [0.15, 0.2) is 0 Å². The Kier molecular flexibility index (Phi) is 12.0. The molecule has 0 spiro atoms. The fourth-order valence-electron chi connectivity index (χ4n) is 0.0445. The average molecular weight is 152 g/mol. The van der Waals surface area contributed by atoms with Crippen LogP contribution in [-0.2, 0) is 9.09 Å². The third-order valence-corrected chi connectivity index (χ3v) is 0.845. The van der Waals surface area contributed by atoms with Gasteiger partial charge in [-0.1, -0.05) is 11.6 Å². The Bertz CT molecular complexity index is 58.9. The van der Waals surface area contributed by atoms with Crippen molar-refractivity contribution >= 4 is 19.9 Å². The summed E-state index contributed by atoms with van der Waals surface area (Å²) in [6, 6.07) is -0.276. The summed E-state index contributed by atoms with van der Waals surface area (Å²) < 4.78 is 13.2. The monoisotopic (exact) mass is 152 g/mol. The van der Waals surface area contributed by atoms with E-state index in [9.17, 15) is 9.46 Å². The van der Waals surface area contributed by atoms with Crippen LogP contribution in [0.1, 0.15) is 0 Å². The second-order valence-electron chi connectivity index (χ2n) is 0.503. The first-order valence-electron chi connectivity index (χ1n) is 1.17. The Morgan fingerprint density at radius 3 is 2.29 bits per heavy atom. The minimum atomic E-state index is -3.02. The van der Waals surface area contributed by atoms with Gasteiger partial charge in [-0.2, -0.15) is 0 Å². The summed E-state index contributed by atoms with van der Waals surface area (Å²) in [6.07, 6.45) is 0. The quantitative estimate of drug-likeness (QED) is 0.240. The number of halogens is 1. The fourth-order valence-corrected chi connectivity index (χ4v) is 0.401. The molecule has 0 N–H and O–H groups in total. The van der Waals surface area contributed by atoms with E-state index in [0.29, 0.717) is 0 Å². The second-order valence-corrected chi connectivity index (χ2v) is 1.51. The summed E-state index contributed by atoms with van der Waals surface area (Å²) >= 11 is 4.80. The molecule has 7 heavy (non-hydrogen) atoms. The van der Waals surface area contributed by atoms with Crippen LogP contribution in [-0.4, -0.2) is 6.07 Å². The molecule has 1 atom stereocenters. The van der Waals surface area contributed by atoms with Gasteiger partial charge < -0.3 is 14.0 Å². The molecule has 1 unspecified atom stereocenters. The van der Waals surface area contributed by atoms with E-state index in [4.69, 9.17) is 11.6 Å². The first-order valence-corrected chi connectivity index (χ1v) is 2.93. The second kappa shape index (κ2) is 7.44. The SMILES string of the molecule is O=[PH]([O-])OCCl.[Na+]. The van der Waals surface area contributed by atoms with E-state index in [1.807, 2.05) is 0 Å². The predicted molar refractivity (Wildman–Crippen MR) is 20.8 cm³/mol. The zero-order chi connectivity index (χ0) is 4.99. The Morgan fingerprint density at radius 2 is 2.29 bits per heavy atom. The van der Waals surface area contributed by atoms with Gasteiger partial charge in [-0.3, -0.25) is 0 Å². The molecular weight excluding hydrogens is 149 g/mol. The molecule has 0 aromatic rings. The van der Waals surface area contributed by atoms with Gasteiger partial charge in [0.1, 0.15) is 14.3 Å². The summed E-state index contributed by atoms with van der Waals surface area (Å²) in [5, 5.41) is 0. The number of hydrogen-bond donors (Lipinski definition) is 0. The van der Waals surface area contributed by atoms with E-state index in [1.165, 1.54) is 0 Å². The standard InChI is InChI=1S/CH4ClO3P.Na/c2-1-5-6(3)4;/h6H,1H2,(H,3,4);/q;+1/p-1. The molecule has 0 aliphatic carbocycles. The smallest absolute Gasteiger partial charge is 0.781 e. The number of hydrogen-bond acceptors (Lipinski definition) is 3. The van der Waals surface area contributed by atoms with Crippen LogP contribution in [0.4, 0.5) is 0 Å². The van der Waals surface area contributed by atoms with Crippen LogP contribution >= 0.6 is 19.9 Å². The van der Waals surface area contributed by atoms with Gasteiger partial charge in [0.2, 0.25) is 0 Å². The van der Waals surface area contributed by atoms with E-state index < -0.39 is 8.25 Å². The molecule has 38 valence electrons. The van der Waals surface area contributed by atoms with Gasteiger partial charge in [0.25, 0.3) is 0 Å². The Labute approximate surface area is 69.2 Å². The van der Waals surface area contributed by atoms with Crippen molar-refractivity contribution in [2.24, 2.45) is 0 Å². The Balaban J connectivity index is 0. The van der Waals surface area contributed by atoms with Crippen molar-refractivity contribution in [3.05, 3.63) is 0 Å². The van der Waals surface area contributed by atoms with E-state index in [2.05, 4.69) is 4.52 Å². The Hall–Kier alpha value is 1.44. The zero-order valence-electron chi connectivity index (χ0n) is 3.81. The number of alkyl halides is 1. The maximum Gasteiger partial charge on any atom is 1.00 e. The van der Waals surface area contributed by atoms with Crippen LogP contribution in [0.25, 0.3) is 0 Å². The third kappa shape index (κ3) is 11.2. The van der Waals surface area contributed by atoms with E-state index >= 15 is 0 Å². The van der Waals surface area contributed by atoms with Crippen molar-refractivity contribution in [3.8, 4) is 0 Å². The summed E-state index contributed by atoms with van der Waals surface area (Å²) in [5.74, 6) is 0. The molecule has 0 heterocycles. The molecule has 0 saturated carbocycles. The van der Waals surface area contributed by atoms with Crippen LogP contribution in [0, 0.1) is 0 Å². The summed E-state index contributed by atoms with van der Waals surface area (Å²) in [7, 11) is -3.02. The molecule has 0 fully saturated rings. The van der Waals surface area contributed by atoms with Crippen LogP contribution in [0.2, 0.25) is 0 Å². The van der Waals surface area contributed by atoms with Crippen molar-refractivity contribution in [3.63, 3.8) is 0 Å². The largest absolute Gasteiger partial charge is 1.00 e. The molecule has 0 aliphatic heterocycles. The number of rotatable bonds is 2. The molecule has 0 aromatic heterocycles. The summed E-state index contributed by atoms with van der Waals surface area (Å²) in [4.78, 5) is 9.37. The maximum atomic E-state index is 9.37. The van der Waals surface area contributed by atoms with Crippen molar-refractivity contribution in [2.45, 2.75) is 0 Å². The predicted octanol–water partition coefficient (Wildman–Crippen LogP) is -3.05. The van der Waals surface area contributed by atoms with Crippen LogP contribution < -0.4 is 34.5 Å². The summed E-state index contributed by atoms with van der Waals surface area (Å²) in [6.45, 7) is 0. The first-order chi connectivity index (χ1) is 2.77. The molecular formula is CH3ClNaO3P. The van der Waals surface area contributed by atoms with Crippen molar-refractivity contribution in [1.82, 2.24) is 0 Å². The summed E-state index contributed by atoms with van der Waals surface area (Å²) in [5.41, 5.74) is 0. The normalized spacial score (nSPS) is 12.3. The molecule has 0 amide bonds. The van der Waals surface area contributed by atoms with Crippen LogP contribution in [0.5, 0.6) is 0 Å². The van der Waals surface area contributed by atoms with Gasteiger partial charge in [-0.15, -0.1) is 0 Å². The van der Waals surface area contributed by atoms with Gasteiger partial charge in [-0.05, 0) is 0 Å². The zero-order valence-corrected chi connectivity index (χ0v) is 7.57. The van der Waals surface area contributed by atoms with Gasteiger partial charge in [0, 0.05) is 0 Å². The molecule has 0 rings (SSSR count). The molecule has 0 aromatic carbocycles. The van der Waals surface area contributed by atoms with E-state index in [0.717, 1.165) is 0 Å². The minimum Gasteiger partial charge on any atom is -0.781 e. The van der Waals surface area contributed by atoms with E-state index in [-0.39, 0.29) is 35.6 Å². The average Bonchev–Trinajstić information content (AvgIpc) is 1.35. The van der Waals surface area contributed by atoms with E-state index in [1.54, 1.807) is 0 Å². The minimum absolute atomic E-state index is 0. The molecule has 0 aliphatic rings. The van der Waals surface area contributed by atoms with Crippen molar-refractivity contribution in [2.75, 3.05) is 6.07 Å². The van der Waals surface area contributed by atoms with Gasteiger partial charge >= 0.3 is 29.6 Å². The molecule has 0 saturated heterocycles. The maximum absolute atomic E-state index is 9.37. The molecule has 0 bridgehead atoms. The van der Waals surface area contributed by atoms with Crippen molar-refractivity contribution in [1.29, 1.82) is 0 Å². The van der Waals surface area contributed by atoms with Crippen LogP contribution in [0.15, 0.2) is 0 Å². The van der Waals surface area contributed by atoms with Gasteiger partial charge in [0.05, 0.1) is 0 Å². The first kappa shape index (κ1) is 11.3. The molecule has 0 radical (unpaired) electrons. The van der Waals surface area contributed by atoms with Gasteiger partial charge in [-0.25, -0.2) is 0 Å². The topological polar surface area (TPSA) is 49.4 Å². The Morgan fingerprint density at radius 1 is 1.86 bits per heavy atom. The fraction of sp³-hybridized carbons (Fsp3) is 1.00.